The Morgan fingerprint density at radius 2 is 1.69 bits per heavy atom. The lowest BCUT2D eigenvalue weighted by molar-refractivity contribution is 0.262. The van der Waals surface area contributed by atoms with Crippen LogP contribution in [0.3, 0.4) is 0 Å². The highest BCUT2D eigenvalue weighted by Crippen LogP contribution is 2.17. The minimum absolute atomic E-state index is 0.251. The van der Waals surface area contributed by atoms with Crippen molar-refractivity contribution in [2.45, 2.75) is 33.1 Å². The molecule has 0 amide bonds. The van der Waals surface area contributed by atoms with Gasteiger partial charge in [0.1, 0.15) is 0 Å². The first-order chi connectivity index (χ1) is 6.38. The predicted molar refractivity (Wildman–Crippen MR) is 57.9 cm³/mol. The summed E-state index contributed by atoms with van der Waals surface area (Å²) in [5.41, 5.74) is 1.23. The van der Waals surface area contributed by atoms with Crippen molar-refractivity contribution in [3.8, 4) is 0 Å². The van der Waals surface area contributed by atoms with Crippen LogP contribution >= 0.6 is 0 Å². The Labute approximate surface area is 81.4 Å². The Bertz CT molecular complexity index is 190. The van der Waals surface area contributed by atoms with Crippen LogP contribution in [0.25, 0.3) is 0 Å². The summed E-state index contributed by atoms with van der Waals surface area (Å²) in [7, 11) is 0. The fourth-order valence-electron chi connectivity index (χ4n) is 1.20. The molecule has 13 heavy (non-hydrogen) atoms. The minimum Gasteiger partial charge on any atom is -0.396 e. The lowest BCUT2D eigenvalue weighted by Crippen LogP contribution is -2.01. The topological polar surface area (TPSA) is 20.2 Å². The van der Waals surface area contributed by atoms with Gasteiger partial charge in [0.25, 0.3) is 0 Å². The molecule has 1 nitrogen and oxygen atoms in total. The van der Waals surface area contributed by atoms with Crippen LogP contribution in [0.15, 0.2) is 30.3 Å². The number of benzene rings is 1. The second-order valence-electron chi connectivity index (χ2n) is 2.70. The van der Waals surface area contributed by atoms with E-state index < -0.39 is 0 Å². The van der Waals surface area contributed by atoms with Crippen LogP contribution in [0.2, 0.25) is 0 Å². The zero-order valence-corrected chi connectivity index (χ0v) is 8.83. The summed E-state index contributed by atoms with van der Waals surface area (Å²) in [5, 5.41) is 8.98. The van der Waals surface area contributed by atoms with E-state index in [1.165, 1.54) is 5.56 Å². The summed E-state index contributed by atoms with van der Waals surface area (Å²) in [6.45, 7) is 6.34. The third kappa shape index (κ3) is 4.09. The average molecular weight is 180 g/mol. The Morgan fingerprint density at radius 3 is 2.08 bits per heavy atom. The van der Waals surface area contributed by atoms with Crippen LogP contribution in [0.1, 0.15) is 38.7 Å². The number of aliphatic hydroxyl groups is 1. The van der Waals surface area contributed by atoms with Crippen molar-refractivity contribution in [1.29, 1.82) is 0 Å². The average Bonchev–Trinajstić information content (AvgIpc) is 2.24. The Balaban J connectivity index is 0.000000671. The summed E-state index contributed by atoms with van der Waals surface area (Å²) in [6, 6.07) is 10.1. The van der Waals surface area contributed by atoms with Crippen molar-refractivity contribution >= 4 is 0 Å². The smallest absolute Gasteiger partial charge is 0.0499 e. The molecule has 0 aromatic heterocycles. The van der Waals surface area contributed by atoms with Gasteiger partial charge in [-0.3, -0.25) is 0 Å². The maximum atomic E-state index is 8.98. The van der Waals surface area contributed by atoms with Gasteiger partial charge in [-0.25, -0.2) is 0 Å². The summed E-state index contributed by atoms with van der Waals surface area (Å²) < 4.78 is 0. The van der Waals surface area contributed by atoms with Gasteiger partial charge >= 0.3 is 0 Å². The van der Waals surface area contributed by atoms with Crippen molar-refractivity contribution in [3.05, 3.63) is 35.9 Å². The maximum Gasteiger partial charge on any atom is 0.0499 e. The first kappa shape index (κ1) is 12.2. The fraction of sp³-hybridized carbons (Fsp3) is 0.500. The Kier molecular flexibility index (Phi) is 7.32. The van der Waals surface area contributed by atoms with Crippen molar-refractivity contribution in [3.63, 3.8) is 0 Å². The van der Waals surface area contributed by atoms with Gasteiger partial charge < -0.3 is 5.11 Å². The van der Waals surface area contributed by atoms with Crippen LogP contribution in [-0.4, -0.2) is 11.7 Å². The molecule has 0 bridgehead atoms. The highest BCUT2D eigenvalue weighted by atomic mass is 16.3. The molecular formula is C12H20O. The van der Waals surface area contributed by atoms with E-state index in [2.05, 4.69) is 19.1 Å². The fourth-order valence-corrected chi connectivity index (χ4v) is 1.20. The normalized spacial score (nSPS) is 11.4. The molecule has 0 heterocycles. The Morgan fingerprint density at radius 1 is 1.15 bits per heavy atom. The zero-order chi connectivity index (χ0) is 10.1. The number of rotatable bonds is 3. The van der Waals surface area contributed by atoms with Gasteiger partial charge in [-0.05, 0) is 12.0 Å². The second-order valence-corrected chi connectivity index (χ2v) is 2.70. The standard InChI is InChI=1S/C10H14O.C2H6/c1-2-9(8-11)10-6-4-3-5-7-10;1-2/h3-7,9,11H,2,8H2,1H3;1-2H3/t9-;/m0./s1. The molecule has 0 fully saturated rings. The first-order valence-corrected chi connectivity index (χ1v) is 5.04. The second kappa shape index (κ2) is 7.81. The predicted octanol–water partition coefficient (Wildman–Crippen LogP) is 3.20. The lowest BCUT2D eigenvalue weighted by Gasteiger charge is -2.10. The first-order valence-electron chi connectivity index (χ1n) is 5.04. The van der Waals surface area contributed by atoms with Gasteiger partial charge in [0, 0.05) is 12.5 Å². The molecule has 0 aliphatic carbocycles. The maximum absolute atomic E-state index is 8.98. The van der Waals surface area contributed by atoms with E-state index in [9.17, 15) is 0 Å². The molecular weight excluding hydrogens is 160 g/mol. The Hall–Kier alpha value is -0.820. The molecule has 0 saturated carbocycles. The number of aliphatic hydroxyl groups excluding tert-OH is 1. The van der Waals surface area contributed by atoms with E-state index in [-0.39, 0.29) is 6.61 Å². The van der Waals surface area contributed by atoms with Crippen molar-refractivity contribution < 1.29 is 5.11 Å². The van der Waals surface area contributed by atoms with E-state index in [4.69, 9.17) is 5.11 Å². The molecule has 0 unspecified atom stereocenters. The number of hydrogen-bond acceptors (Lipinski definition) is 1. The van der Waals surface area contributed by atoms with E-state index >= 15 is 0 Å². The molecule has 0 spiro atoms. The molecule has 0 aliphatic heterocycles. The van der Waals surface area contributed by atoms with Gasteiger partial charge in [0.2, 0.25) is 0 Å². The summed E-state index contributed by atoms with van der Waals surface area (Å²) >= 11 is 0. The summed E-state index contributed by atoms with van der Waals surface area (Å²) in [5.74, 6) is 0.316. The van der Waals surface area contributed by atoms with Gasteiger partial charge in [-0.15, -0.1) is 0 Å². The van der Waals surface area contributed by atoms with E-state index in [0.717, 1.165) is 6.42 Å². The van der Waals surface area contributed by atoms with Crippen LogP contribution in [0.4, 0.5) is 0 Å². The van der Waals surface area contributed by atoms with Crippen molar-refractivity contribution in [1.82, 2.24) is 0 Å². The lowest BCUT2D eigenvalue weighted by atomic mass is 9.98. The van der Waals surface area contributed by atoms with Crippen molar-refractivity contribution in [2.24, 2.45) is 0 Å². The van der Waals surface area contributed by atoms with Gasteiger partial charge in [-0.1, -0.05) is 51.1 Å². The summed E-state index contributed by atoms with van der Waals surface area (Å²) in [4.78, 5) is 0. The molecule has 1 rings (SSSR count). The summed E-state index contributed by atoms with van der Waals surface area (Å²) in [6.07, 6.45) is 1.00. The SMILES string of the molecule is CC.CC[C@@H](CO)c1ccccc1. The van der Waals surface area contributed by atoms with E-state index in [0.29, 0.717) is 5.92 Å². The third-order valence-electron chi connectivity index (χ3n) is 1.98. The molecule has 1 aromatic carbocycles. The monoisotopic (exact) mass is 180 g/mol. The van der Waals surface area contributed by atoms with Gasteiger partial charge in [-0.2, -0.15) is 0 Å². The molecule has 0 aliphatic rings. The zero-order valence-electron chi connectivity index (χ0n) is 8.83. The third-order valence-corrected chi connectivity index (χ3v) is 1.98. The highest BCUT2D eigenvalue weighted by molar-refractivity contribution is 5.19. The molecule has 1 aromatic rings. The van der Waals surface area contributed by atoms with Crippen LogP contribution in [0.5, 0.6) is 0 Å². The molecule has 1 N–H and O–H groups in total. The highest BCUT2D eigenvalue weighted by Gasteiger charge is 2.05. The molecule has 0 radical (unpaired) electrons. The van der Waals surface area contributed by atoms with Gasteiger partial charge in [0.15, 0.2) is 0 Å². The molecule has 1 atom stereocenters. The molecule has 74 valence electrons. The quantitative estimate of drug-likeness (QED) is 0.757. The minimum atomic E-state index is 0.251. The largest absolute Gasteiger partial charge is 0.396 e. The van der Waals surface area contributed by atoms with Crippen LogP contribution < -0.4 is 0 Å². The van der Waals surface area contributed by atoms with Crippen LogP contribution in [-0.2, 0) is 0 Å². The van der Waals surface area contributed by atoms with E-state index in [1.807, 2.05) is 32.0 Å². The van der Waals surface area contributed by atoms with Crippen LogP contribution in [0, 0.1) is 0 Å². The van der Waals surface area contributed by atoms with E-state index in [1.54, 1.807) is 0 Å². The molecule has 1 heteroatoms. The number of hydrogen-bond donors (Lipinski definition) is 1. The molecule has 0 saturated heterocycles. The van der Waals surface area contributed by atoms with Crippen molar-refractivity contribution in [2.75, 3.05) is 6.61 Å². The van der Waals surface area contributed by atoms with Gasteiger partial charge in [0.05, 0.1) is 0 Å².